The summed E-state index contributed by atoms with van der Waals surface area (Å²) in [6.45, 7) is 9.48. The van der Waals surface area contributed by atoms with Crippen molar-refractivity contribution in [1.82, 2.24) is 4.57 Å². The normalized spacial score (nSPS) is 14.8. The Balaban J connectivity index is 1.15. The van der Waals surface area contributed by atoms with Crippen LogP contribution in [-0.4, -0.2) is 4.57 Å². The quantitative estimate of drug-likeness (QED) is 0.169. The van der Waals surface area contributed by atoms with Crippen LogP contribution in [0.25, 0.3) is 94.3 Å². The van der Waals surface area contributed by atoms with Gasteiger partial charge in [-0.1, -0.05) is 161 Å². The van der Waals surface area contributed by atoms with Crippen molar-refractivity contribution >= 4 is 21.8 Å². The van der Waals surface area contributed by atoms with Gasteiger partial charge in [0.15, 0.2) is 0 Å². The Kier molecular flexibility index (Phi) is 5.98. The van der Waals surface area contributed by atoms with Crippen LogP contribution in [-0.2, 0) is 10.8 Å². The van der Waals surface area contributed by atoms with E-state index in [-0.39, 0.29) is 10.8 Å². The fraction of sp³-hybridized carbons (Fsp3) is 0.111. The molecule has 2 heterocycles. The first-order valence-corrected chi connectivity index (χ1v) is 19.6. The smallest absolute Gasteiger partial charge is 0.0620 e. The molecule has 1 aromatic heterocycles. The van der Waals surface area contributed by atoms with E-state index in [1.807, 2.05) is 0 Å². The highest BCUT2D eigenvalue weighted by Gasteiger charge is 2.38. The zero-order chi connectivity index (χ0) is 36.8. The van der Waals surface area contributed by atoms with E-state index in [1.165, 1.54) is 117 Å². The van der Waals surface area contributed by atoms with Crippen molar-refractivity contribution in [1.29, 1.82) is 0 Å². The summed E-state index contributed by atoms with van der Waals surface area (Å²) in [7, 11) is 0. The van der Waals surface area contributed by atoms with Gasteiger partial charge in [-0.25, -0.2) is 0 Å². The second-order valence-corrected chi connectivity index (χ2v) is 16.8. The maximum atomic E-state index is 2.55. The number of fused-ring (bicyclic) bond motifs is 14. The second-order valence-electron chi connectivity index (χ2n) is 16.8. The second kappa shape index (κ2) is 10.6. The van der Waals surface area contributed by atoms with Gasteiger partial charge in [0.2, 0.25) is 0 Å². The van der Waals surface area contributed by atoms with Gasteiger partial charge in [-0.2, -0.15) is 0 Å². The molecule has 1 aliphatic heterocycles. The summed E-state index contributed by atoms with van der Waals surface area (Å²) < 4.78 is 2.55. The average molecular weight is 702 g/mol. The van der Waals surface area contributed by atoms with Crippen molar-refractivity contribution in [2.45, 2.75) is 38.5 Å². The molecule has 0 unspecified atom stereocenters. The highest BCUT2D eigenvalue weighted by Crippen LogP contribution is 2.56. The minimum atomic E-state index is -0.0591. The van der Waals surface area contributed by atoms with E-state index in [9.17, 15) is 0 Å². The molecular formula is C54H39N. The van der Waals surface area contributed by atoms with Crippen molar-refractivity contribution in [3.63, 3.8) is 0 Å². The van der Waals surface area contributed by atoms with Crippen LogP contribution in [0.15, 0.2) is 164 Å². The topological polar surface area (TPSA) is 4.93 Å². The van der Waals surface area contributed by atoms with Crippen LogP contribution in [0.2, 0.25) is 0 Å². The van der Waals surface area contributed by atoms with Crippen LogP contribution < -0.4 is 0 Å². The molecule has 0 fully saturated rings. The van der Waals surface area contributed by atoms with Gasteiger partial charge in [-0.15, -0.1) is 0 Å². The number of hydrogen-bond acceptors (Lipinski definition) is 0. The third-order valence-electron chi connectivity index (χ3n) is 13.4. The Morgan fingerprint density at radius 3 is 1.49 bits per heavy atom. The minimum Gasteiger partial charge on any atom is -0.308 e. The largest absolute Gasteiger partial charge is 0.308 e. The molecular weight excluding hydrogens is 663 g/mol. The molecule has 1 nitrogen and oxygen atoms in total. The van der Waals surface area contributed by atoms with Gasteiger partial charge < -0.3 is 4.57 Å². The van der Waals surface area contributed by atoms with Crippen LogP contribution in [0.1, 0.15) is 49.9 Å². The zero-order valence-corrected chi connectivity index (χ0v) is 31.5. The SMILES string of the molecule is CC1(C)c2ccccc2-c2c(-c3ccc4c(c3)-c3ccccc3-c3cc(-c5cccc6c5-c5ccccc5C6(C)C)cc5c6ccccc6n-4c35)cccc21. The molecule has 260 valence electrons. The molecule has 0 saturated heterocycles. The number of nitrogens with zero attached hydrogens (tertiary/aromatic N) is 1. The van der Waals surface area contributed by atoms with Gasteiger partial charge in [0.25, 0.3) is 0 Å². The minimum absolute atomic E-state index is 0.0497. The van der Waals surface area contributed by atoms with E-state index < -0.39 is 0 Å². The summed E-state index contributed by atoms with van der Waals surface area (Å²) in [6.07, 6.45) is 0. The van der Waals surface area contributed by atoms with E-state index in [1.54, 1.807) is 0 Å². The Morgan fingerprint density at radius 2 is 0.836 bits per heavy atom. The van der Waals surface area contributed by atoms with Crippen molar-refractivity contribution in [2.24, 2.45) is 0 Å². The fourth-order valence-corrected chi connectivity index (χ4v) is 10.8. The molecule has 3 aliphatic rings. The molecule has 12 rings (SSSR count). The lowest BCUT2D eigenvalue weighted by Gasteiger charge is -2.21. The Labute approximate surface area is 322 Å². The van der Waals surface area contributed by atoms with E-state index in [4.69, 9.17) is 0 Å². The third-order valence-corrected chi connectivity index (χ3v) is 13.4. The molecule has 0 radical (unpaired) electrons. The summed E-state index contributed by atoms with van der Waals surface area (Å²) in [4.78, 5) is 0. The average Bonchev–Trinajstić information content (AvgIpc) is 3.74. The molecule has 0 N–H and O–H groups in total. The summed E-state index contributed by atoms with van der Waals surface area (Å²) in [5, 5.41) is 2.57. The van der Waals surface area contributed by atoms with Crippen molar-refractivity contribution < 1.29 is 0 Å². The highest BCUT2D eigenvalue weighted by atomic mass is 15.0. The van der Waals surface area contributed by atoms with Crippen molar-refractivity contribution in [2.75, 3.05) is 0 Å². The predicted molar refractivity (Wildman–Crippen MR) is 231 cm³/mol. The number of rotatable bonds is 2. The lowest BCUT2D eigenvalue weighted by atomic mass is 9.81. The molecule has 2 aliphatic carbocycles. The molecule has 0 amide bonds. The number of para-hydroxylation sites is 1. The monoisotopic (exact) mass is 701 g/mol. The van der Waals surface area contributed by atoms with E-state index in [0.29, 0.717) is 0 Å². The molecule has 1 heteroatoms. The number of hydrogen-bond donors (Lipinski definition) is 0. The maximum Gasteiger partial charge on any atom is 0.0620 e. The van der Waals surface area contributed by atoms with Gasteiger partial charge in [-0.05, 0) is 108 Å². The van der Waals surface area contributed by atoms with E-state index in [2.05, 4.69) is 196 Å². The van der Waals surface area contributed by atoms with Gasteiger partial charge in [0.05, 0.1) is 16.7 Å². The summed E-state index contributed by atoms with van der Waals surface area (Å²) in [5.41, 5.74) is 24.8. The zero-order valence-electron chi connectivity index (χ0n) is 31.5. The lowest BCUT2D eigenvalue weighted by molar-refractivity contribution is 0.660. The van der Waals surface area contributed by atoms with Crippen LogP contribution in [0, 0.1) is 0 Å². The first kappa shape index (κ1) is 31.0. The van der Waals surface area contributed by atoms with Crippen LogP contribution in [0.3, 0.4) is 0 Å². The van der Waals surface area contributed by atoms with Gasteiger partial charge in [-0.3, -0.25) is 0 Å². The lowest BCUT2D eigenvalue weighted by Crippen LogP contribution is -2.14. The van der Waals surface area contributed by atoms with Crippen LogP contribution >= 0.6 is 0 Å². The highest BCUT2D eigenvalue weighted by molar-refractivity contribution is 6.18. The number of aromatic nitrogens is 1. The van der Waals surface area contributed by atoms with Crippen LogP contribution in [0.5, 0.6) is 0 Å². The first-order chi connectivity index (χ1) is 26.8. The van der Waals surface area contributed by atoms with Gasteiger partial charge in [0, 0.05) is 32.7 Å². The van der Waals surface area contributed by atoms with Gasteiger partial charge >= 0.3 is 0 Å². The molecule has 8 aromatic carbocycles. The van der Waals surface area contributed by atoms with Crippen LogP contribution in [0.4, 0.5) is 0 Å². The molecule has 0 bridgehead atoms. The van der Waals surface area contributed by atoms with E-state index >= 15 is 0 Å². The summed E-state index contributed by atoms with van der Waals surface area (Å²) >= 11 is 0. The summed E-state index contributed by atoms with van der Waals surface area (Å²) in [6, 6.07) is 62.1. The maximum absolute atomic E-state index is 2.55. The van der Waals surface area contributed by atoms with Gasteiger partial charge in [0.1, 0.15) is 0 Å². The standard InChI is InChI=1S/C54H39N/c1-53(2)44-22-10-7-18-39(44)50-34(20-13-24-46(50)53)32-27-28-49-41(29-32)36-15-5-6-16-37(36)42-30-33(31-43-38-17-9-12-26-48(38)55(49)52(42)43)35-21-14-25-47-51(35)40-19-8-11-23-45(40)54(47,3)4/h5-31H,1-4H3. The molecule has 9 aromatic rings. The molecule has 0 atom stereocenters. The third kappa shape index (κ3) is 3.93. The van der Waals surface area contributed by atoms with Crippen molar-refractivity contribution in [3.8, 4) is 72.4 Å². The Morgan fingerprint density at radius 1 is 0.345 bits per heavy atom. The Hall–Kier alpha value is -6.44. The van der Waals surface area contributed by atoms with E-state index in [0.717, 1.165) is 0 Å². The molecule has 0 saturated carbocycles. The first-order valence-electron chi connectivity index (χ1n) is 19.6. The summed E-state index contributed by atoms with van der Waals surface area (Å²) in [5.74, 6) is 0. The molecule has 55 heavy (non-hydrogen) atoms. The predicted octanol–water partition coefficient (Wildman–Crippen LogP) is 14.4. The molecule has 0 spiro atoms. The number of benzene rings is 8. The fourth-order valence-electron chi connectivity index (χ4n) is 10.8. The van der Waals surface area contributed by atoms with Crippen molar-refractivity contribution in [3.05, 3.63) is 186 Å². The Bertz CT molecular complexity index is 3150.